The molecule has 3 heterocycles. The fraction of sp³-hybridized carbons (Fsp3) is 0.318. The molecule has 2 aliphatic heterocycles. The lowest BCUT2D eigenvalue weighted by Crippen LogP contribution is -2.62. The third-order valence-corrected chi connectivity index (χ3v) is 5.70. The van der Waals surface area contributed by atoms with Crippen molar-refractivity contribution in [3.8, 4) is 0 Å². The second kappa shape index (κ2) is 8.17. The number of nitrogens with zero attached hydrogens (tertiary/aromatic N) is 3. The van der Waals surface area contributed by atoms with E-state index in [1.807, 2.05) is 6.92 Å². The SMILES string of the molecule is CC12CCC(=O)N1c1ccccc1C(=O)N2CCC(=O)NCC(=O)Nc1cccnc1. The average Bonchev–Trinajstić information content (AvgIpc) is 3.08. The Bertz CT molecular complexity index is 1040. The molecule has 31 heavy (non-hydrogen) atoms. The maximum atomic E-state index is 13.1. The van der Waals surface area contributed by atoms with Gasteiger partial charge >= 0.3 is 0 Å². The second-order valence-electron chi connectivity index (χ2n) is 7.74. The molecule has 1 aromatic carbocycles. The van der Waals surface area contributed by atoms with Crippen molar-refractivity contribution in [2.75, 3.05) is 23.3 Å². The van der Waals surface area contributed by atoms with Crippen LogP contribution in [0.1, 0.15) is 36.5 Å². The van der Waals surface area contributed by atoms with Crippen molar-refractivity contribution in [3.05, 3.63) is 54.4 Å². The zero-order chi connectivity index (χ0) is 22.0. The Hall–Kier alpha value is -3.75. The Labute approximate surface area is 179 Å². The van der Waals surface area contributed by atoms with E-state index in [0.717, 1.165) is 0 Å². The number of anilines is 2. The minimum absolute atomic E-state index is 0.0195. The molecule has 0 spiro atoms. The fourth-order valence-corrected chi connectivity index (χ4v) is 4.16. The highest BCUT2D eigenvalue weighted by Gasteiger charge is 2.52. The topological polar surface area (TPSA) is 112 Å². The molecule has 1 fully saturated rings. The molecular weight excluding hydrogens is 398 g/mol. The van der Waals surface area contributed by atoms with Gasteiger partial charge in [0.2, 0.25) is 17.7 Å². The standard InChI is InChI=1S/C22H23N5O4/c1-22-10-8-20(30)27(22)17-7-3-2-6-16(17)21(31)26(22)12-9-18(28)24-14-19(29)25-15-5-4-11-23-13-15/h2-7,11,13H,8-10,12,14H2,1H3,(H,24,28)(H,25,29). The lowest BCUT2D eigenvalue weighted by molar-refractivity contribution is -0.124. The van der Waals surface area contributed by atoms with Crippen LogP contribution in [0.25, 0.3) is 0 Å². The van der Waals surface area contributed by atoms with Crippen LogP contribution in [0, 0.1) is 0 Å². The van der Waals surface area contributed by atoms with Crippen LogP contribution in [0.2, 0.25) is 0 Å². The molecular formula is C22H23N5O4. The summed E-state index contributed by atoms with van der Waals surface area (Å²) in [5, 5.41) is 5.20. The molecule has 1 aromatic heterocycles. The number of para-hydroxylation sites is 1. The van der Waals surface area contributed by atoms with E-state index in [4.69, 9.17) is 0 Å². The highest BCUT2D eigenvalue weighted by Crippen LogP contribution is 2.43. The Morgan fingerprint density at radius 3 is 2.71 bits per heavy atom. The molecule has 0 aliphatic carbocycles. The summed E-state index contributed by atoms with van der Waals surface area (Å²) >= 11 is 0. The Morgan fingerprint density at radius 2 is 1.94 bits per heavy atom. The lowest BCUT2D eigenvalue weighted by Gasteiger charge is -2.48. The van der Waals surface area contributed by atoms with E-state index in [0.29, 0.717) is 29.8 Å². The van der Waals surface area contributed by atoms with E-state index < -0.39 is 5.66 Å². The van der Waals surface area contributed by atoms with Crippen molar-refractivity contribution in [3.63, 3.8) is 0 Å². The van der Waals surface area contributed by atoms with E-state index >= 15 is 0 Å². The highest BCUT2D eigenvalue weighted by atomic mass is 16.2. The van der Waals surface area contributed by atoms with Crippen LogP contribution in [-0.4, -0.2) is 52.3 Å². The van der Waals surface area contributed by atoms with Gasteiger partial charge in [-0.3, -0.25) is 29.1 Å². The molecule has 1 atom stereocenters. The van der Waals surface area contributed by atoms with Gasteiger partial charge < -0.3 is 15.5 Å². The van der Waals surface area contributed by atoms with Crippen molar-refractivity contribution in [1.82, 2.24) is 15.2 Å². The number of amides is 4. The van der Waals surface area contributed by atoms with E-state index in [-0.39, 0.29) is 43.1 Å². The quantitative estimate of drug-likeness (QED) is 0.735. The van der Waals surface area contributed by atoms with Crippen LogP contribution in [0.5, 0.6) is 0 Å². The number of hydrogen-bond donors (Lipinski definition) is 2. The lowest BCUT2D eigenvalue weighted by atomic mass is 9.98. The Balaban J connectivity index is 1.39. The average molecular weight is 421 g/mol. The largest absolute Gasteiger partial charge is 0.347 e. The van der Waals surface area contributed by atoms with Crippen LogP contribution < -0.4 is 15.5 Å². The molecule has 4 amide bonds. The van der Waals surface area contributed by atoms with Gasteiger partial charge in [0.25, 0.3) is 5.91 Å². The van der Waals surface area contributed by atoms with Gasteiger partial charge in [0, 0.05) is 25.6 Å². The van der Waals surface area contributed by atoms with Gasteiger partial charge in [0.1, 0.15) is 5.66 Å². The Morgan fingerprint density at radius 1 is 1.13 bits per heavy atom. The smallest absolute Gasteiger partial charge is 0.257 e. The monoisotopic (exact) mass is 421 g/mol. The summed E-state index contributed by atoms with van der Waals surface area (Å²) in [5.41, 5.74) is 0.801. The molecule has 2 aliphatic rings. The van der Waals surface area contributed by atoms with Crippen molar-refractivity contribution in [2.45, 2.75) is 31.8 Å². The molecule has 2 aromatic rings. The fourth-order valence-electron chi connectivity index (χ4n) is 4.16. The minimum atomic E-state index is -0.805. The van der Waals surface area contributed by atoms with Crippen LogP contribution in [0.3, 0.4) is 0 Å². The predicted octanol–water partition coefficient (Wildman–Crippen LogP) is 1.53. The summed E-state index contributed by atoms with van der Waals surface area (Å²) in [7, 11) is 0. The normalized spacial score (nSPS) is 19.6. The summed E-state index contributed by atoms with van der Waals surface area (Å²) in [6.07, 6.45) is 3.97. The number of carbonyl (C=O) groups excluding carboxylic acids is 4. The van der Waals surface area contributed by atoms with Gasteiger partial charge in [-0.05, 0) is 37.6 Å². The molecule has 1 unspecified atom stereocenters. The molecule has 0 bridgehead atoms. The summed E-state index contributed by atoms with van der Waals surface area (Å²) in [5.74, 6) is -0.966. The van der Waals surface area contributed by atoms with Crippen LogP contribution in [-0.2, 0) is 14.4 Å². The third kappa shape index (κ3) is 3.86. The first-order valence-electron chi connectivity index (χ1n) is 10.1. The van der Waals surface area contributed by atoms with Crippen LogP contribution in [0.4, 0.5) is 11.4 Å². The van der Waals surface area contributed by atoms with Crippen LogP contribution >= 0.6 is 0 Å². The molecule has 9 nitrogen and oxygen atoms in total. The second-order valence-corrected chi connectivity index (χ2v) is 7.74. The van der Waals surface area contributed by atoms with Gasteiger partial charge in [-0.1, -0.05) is 12.1 Å². The van der Waals surface area contributed by atoms with E-state index in [2.05, 4.69) is 15.6 Å². The Kier molecular flexibility index (Phi) is 5.41. The number of carbonyl (C=O) groups is 4. The number of rotatable bonds is 6. The molecule has 9 heteroatoms. The van der Waals surface area contributed by atoms with Gasteiger partial charge in [0.15, 0.2) is 0 Å². The number of pyridine rings is 1. The highest BCUT2D eigenvalue weighted by molar-refractivity contribution is 6.10. The number of benzene rings is 1. The molecule has 4 rings (SSSR count). The first-order valence-corrected chi connectivity index (χ1v) is 10.1. The molecule has 0 radical (unpaired) electrons. The summed E-state index contributed by atoms with van der Waals surface area (Å²) in [6, 6.07) is 10.4. The number of aromatic nitrogens is 1. The van der Waals surface area contributed by atoms with E-state index in [1.54, 1.807) is 52.4 Å². The van der Waals surface area contributed by atoms with E-state index in [9.17, 15) is 19.2 Å². The summed E-state index contributed by atoms with van der Waals surface area (Å²) < 4.78 is 0. The van der Waals surface area contributed by atoms with Gasteiger partial charge in [-0.25, -0.2) is 0 Å². The van der Waals surface area contributed by atoms with Gasteiger partial charge in [-0.2, -0.15) is 0 Å². The first kappa shape index (κ1) is 20.5. The zero-order valence-corrected chi connectivity index (χ0v) is 17.1. The summed E-state index contributed by atoms with van der Waals surface area (Å²) in [4.78, 5) is 57.2. The van der Waals surface area contributed by atoms with Crippen molar-refractivity contribution < 1.29 is 19.2 Å². The first-order chi connectivity index (χ1) is 14.9. The van der Waals surface area contributed by atoms with Gasteiger partial charge in [0.05, 0.1) is 29.7 Å². The minimum Gasteiger partial charge on any atom is -0.347 e. The molecule has 160 valence electrons. The maximum absolute atomic E-state index is 13.1. The zero-order valence-electron chi connectivity index (χ0n) is 17.1. The van der Waals surface area contributed by atoms with Crippen molar-refractivity contribution in [1.29, 1.82) is 0 Å². The predicted molar refractivity (Wildman–Crippen MR) is 113 cm³/mol. The number of nitrogens with one attached hydrogen (secondary N) is 2. The number of fused-ring (bicyclic) bond motifs is 3. The van der Waals surface area contributed by atoms with Crippen molar-refractivity contribution >= 4 is 35.0 Å². The van der Waals surface area contributed by atoms with Crippen molar-refractivity contribution in [2.24, 2.45) is 0 Å². The summed E-state index contributed by atoms with van der Waals surface area (Å²) in [6.45, 7) is 1.81. The molecule has 1 saturated heterocycles. The van der Waals surface area contributed by atoms with Crippen LogP contribution in [0.15, 0.2) is 48.8 Å². The van der Waals surface area contributed by atoms with E-state index in [1.165, 1.54) is 6.20 Å². The molecule has 0 saturated carbocycles. The molecule has 2 N–H and O–H groups in total. The maximum Gasteiger partial charge on any atom is 0.257 e. The number of hydrogen-bond acceptors (Lipinski definition) is 5. The third-order valence-electron chi connectivity index (χ3n) is 5.70. The van der Waals surface area contributed by atoms with Gasteiger partial charge in [-0.15, -0.1) is 0 Å².